The largest absolute Gasteiger partial charge is 0.272 e. The zero-order valence-electron chi connectivity index (χ0n) is 19.2. The fraction of sp³-hybridized carbons (Fsp3) is 0.231. The topological polar surface area (TPSA) is 78.8 Å². The highest BCUT2D eigenvalue weighted by Crippen LogP contribution is 2.25. The Balaban J connectivity index is 1.82. The van der Waals surface area contributed by atoms with Crippen molar-refractivity contribution in [2.45, 2.75) is 32.1 Å². The zero-order valence-corrected chi connectivity index (χ0v) is 20.0. The number of hydrogen-bond acceptors (Lipinski definition) is 4. The number of carbonyl (C=O) groups is 1. The molecule has 0 aliphatic carbocycles. The lowest BCUT2D eigenvalue weighted by molar-refractivity contribution is -0.121. The van der Waals surface area contributed by atoms with Crippen LogP contribution in [0.5, 0.6) is 0 Å². The number of rotatable bonds is 9. The molecular formula is C26H29N3O3S. The van der Waals surface area contributed by atoms with Gasteiger partial charge in [-0.2, -0.15) is 9.41 Å². The molecule has 0 unspecified atom stereocenters. The number of hydrazone groups is 1. The molecule has 7 heteroatoms. The molecule has 0 atom stereocenters. The molecule has 0 heterocycles. The van der Waals surface area contributed by atoms with Crippen LogP contribution in [0.15, 0.2) is 82.8 Å². The number of nitrogens with one attached hydrogen (secondary N) is 1. The maximum absolute atomic E-state index is 13.6. The van der Waals surface area contributed by atoms with Gasteiger partial charge in [-0.25, -0.2) is 13.8 Å². The summed E-state index contributed by atoms with van der Waals surface area (Å²) in [4.78, 5) is 12.9. The second-order valence-electron chi connectivity index (χ2n) is 8.01. The molecule has 0 aliphatic heterocycles. The van der Waals surface area contributed by atoms with E-state index in [-0.39, 0.29) is 18.0 Å². The van der Waals surface area contributed by atoms with Crippen LogP contribution in [0, 0.1) is 20.8 Å². The number of sulfonamides is 1. The Bertz CT molecular complexity index is 1200. The van der Waals surface area contributed by atoms with Crippen molar-refractivity contribution >= 4 is 22.1 Å². The molecule has 0 fully saturated rings. The van der Waals surface area contributed by atoms with E-state index in [1.165, 1.54) is 10.5 Å². The second-order valence-corrected chi connectivity index (χ2v) is 9.88. The van der Waals surface area contributed by atoms with E-state index in [0.29, 0.717) is 17.5 Å². The number of amides is 1. The average Bonchev–Trinajstić information content (AvgIpc) is 2.77. The average molecular weight is 464 g/mol. The van der Waals surface area contributed by atoms with Crippen LogP contribution in [-0.2, 0) is 21.2 Å². The van der Waals surface area contributed by atoms with Gasteiger partial charge in [-0.05, 0) is 49.4 Å². The molecule has 6 nitrogen and oxygen atoms in total. The van der Waals surface area contributed by atoms with E-state index in [1.54, 1.807) is 13.8 Å². The summed E-state index contributed by atoms with van der Waals surface area (Å²) in [5, 5.41) is 3.97. The summed E-state index contributed by atoms with van der Waals surface area (Å²) in [6.45, 7) is 5.35. The minimum Gasteiger partial charge on any atom is -0.272 e. The predicted molar refractivity (Wildman–Crippen MR) is 132 cm³/mol. The first-order valence-corrected chi connectivity index (χ1v) is 12.2. The highest BCUT2D eigenvalue weighted by molar-refractivity contribution is 7.89. The lowest BCUT2D eigenvalue weighted by Gasteiger charge is -2.24. The van der Waals surface area contributed by atoms with Crippen LogP contribution in [0.3, 0.4) is 0 Å². The summed E-state index contributed by atoms with van der Waals surface area (Å²) in [7, 11) is -3.90. The van der Waals surface area contributed by atoms with Gasteiger partial charge in [-0.3, -0.25) is 4.79 Å². The molecule has 1 amide bonds. The fourth-order valence-corrected chi connectivity index (χ4v) is 5.61. The molecule has 3 aromatic carbocycles. The number of aryl methyl sites for hydroxylation is 3. The molecule has 0 bridgehead atoms. The van der Waals surface area contributed by atoms with Crippen molar-refractivity contribution in [2.24, 2.45) is 5.10 Å². The van der Waals surface area contributed by atoms with Crippen molar-refractivity contribution in [2.75, 3.05) is 13.1 Å². The maximum atomic E-state index is 13.6. The molecule has 0 saturated heterocycles. The van der Waals surface area contributed by atoms with E-state index < -0.39 is 15.9 Å². The van der Waals surface area contributed by atoms with Crippen LogP contribution < -0.4 is 5.43 Å². The Kier molecular flexibility index (Phi) is 8.14. The molecule has 33 heavy (non-hydrogen) atoms. The van der Waals surface area contributed by atoms with Gasteiger partial charge in [0, 0.05) is 6.54 Å². The van der Waals surface area contributed by atoms with Gasteiger partial charge < -0.3 is 0 Å². The molecule has 0 aromatic heterocycles. The number of benzene rings is 3. The van der Waals surface area contributed by atoms with Gasteiger partial charge in [0.2, 0.25) is 10.0 Å². The van der Waals surface area contributed by atoms with E-state index in [0.717, 1.165) is 16.7 Å². The zero-order chi connectivity index (χ0) is 23.8. The molecule has 3 aromatic rings. The van der Waals surface area contributed by atoms with Gasteiger partial charge in [0.15, 0.2) is 0 Å². The van der Waals surface area contributed by atoms with E-state index in [9.17, 15) is 13.2 Å². The van der Waals surface area contributed by atoms with Gasteiger partial charge >= 0.3 is 0 Å². The minimum absolute atomic E-state index is 0.176. The van der Waals surface area contributed by atoms with Crippen molar-refractivity contribution in [3.63, 3.8) is 0 Å². The monoisotopic (exact) mass is 463 g/mol. The number of carbonyl (C=O) groups excluding carboxylic acids is 1. The van der Waals surface area contributed by atoms with Gasteiger partial charge in [0.1, 0.15) is 0 Å². The normalized spacial score (nSPS) is 11.8. The van der Waals surface area contributed by atoms with Crippen LogP contribution in [-0.4, -0.2) is 37.9 Å². The first-order chi connectivity index (χ1) is 15.8. The summed E-state index contributed by atoms with van der Waals surface area (Å²) in [6, 6.07) is 22.6. The summed E-state index contributed by atoms with van der Waals surface area (Å²) < 4.78 is 28.5. The molecule has 3 rings (SSSR count). The molecular weight excluding hydrogens is 434 g/mol. The van der Waals surface area contributed by atoms with Crippen molar-refractivity contribution in [3.05, 3.63) is 101 Å². The van der Waals surface area contributed by atoms with Crippen LogP contribution in [0.4, 0.5) is 0 Å². The Hall–Kier alpha value is -3.29. The third kappa shape index (κ3) is 6.60. The summed E-state index contributed by atoms with van der Waals surface area (Å²) in [5.41, 5.74) is 6.60. The molecule has 172 valence electrons. The third-order valence-electron chi connectivity index (χ3n) is 5.22. The summed E-state index contributed by atoms with van der Waals surface area (Å²) in [6.07, 6.45) is 2.01. The van der Waals surface area contributed by atoms with Crippen molar-refractivity contribution < 1.29 is 13.2 Å². The Morgan fingerprint density at radius 1 is 0.939 bits per heavy atom. The molecule has 0 aliphatic rings. The molecule has 1 N–H and O–H groups in total. The SMILES string of the molecule is Cc1cc(C)c(S(=O)(=O)N(CCc2ccccc2)CC(=O)NN=Cc2ccccc2)c(C)c1. The van der Waals surface area contributed by atoms with E-state index >= 15 is 0 Å². The van der Waals surface area contributed by atoms with E-state index in [2.05, 4.69) is 10.5 Å². The van der Waals surface area contributed by atoms with Gasteiger partial charge in [0.25, 0.3) is 5.91 Å². The summed E-state index contributed by atoms with van der Waals surface area (Å²) in [5.74, 6) is -0.499. The highest BCUT2D eigenvalue weighted by atomic mass is 32.2. The van der Waals surface area contributed by atoms with Gasteiger partial charge in [-0.15, -0.1) is 0 Å². The van der Waals surface area contributed by atoms with Crippen LogP contribution in [0.25, 0.3) is 0 Å². The van der Waals surface area contributed by atoms with Gasteiger partial charge in [-0.1, -0.05) is 78.4 Å². The second kappa shape index (κ2) is 11.0. The standard InChI is InChI=1S/C26H29N3O3S/c1-20-16-21(2)26(22(3)17-20)33(31,32)29(15-14-23-10-6-4-7-11-23)19-25(30)28-27-18-24-12-8-5-9-13-24/h4-13,16-18H,14-15,19H2,1-3H3,(H,28,30). The first kappa shape index (κ1) is 24.4. The minimum atomic E-state index is -3.90. The van der Waals surface area contributed by atoms with Crippen molar-refractivity contribution in [1.82, 2.24) is 9.73 Å². The lowest BCUT2D eigenvalue weighted by Crippen LogP contribution is -2.41. The van der Waals surface area contributed by atoms with Gasteiger partial charge in [0.05, 0.1) is 17.7 Å². The maximum Gasteiger partial charge on any atom is 0.255 e. The lowest BCUT2D eigenvalue weighted by atomic mass is 10.1. The van der Waals surface area contributed by atoms with Crippen LogP contribution in [0.1, 0.15) is 27.8 Å². The molecule has 0 radical (unpaired) electrons. The summed E-state index contributed by atoms with van der Waals surface area (Å²) >= 11 is 0. The molecule has 0 saturated carbocycles. The van der Waals surface area contributed by atoms with Crippen LogP contribution in [0.2, 0.25) is 0 Å². The third-order valence-corrected chi connectivity index (χ3v) is 7.37. The quantitative estimate of drug-likeness (QED) is 0.385. The Morgan fingerprint density at radius 3 is 2.12 bits per heavy atom. The number of nitrogens with zero attached hydrogens (tertiary/aromatic N) is 2. The predicted octanol–water partition coefficient (Wildman–Crippen LogP) is 4.00. The number of hydrogen-bond donors (Lipinski definition) is 1. The van der Waals surface area contributed by atoms with Crippen molar-refractivity contribution in [3.8, 4) is 0 Å². The van der Waals surface area contributed by atoms with Crippen LogP contribution >= 0.6 is 0 Å². The smallest absolute Gasteiger partial charge is 0.255 e. The van der Waals surface area contributed by atoms with Crippen molar-refractivity contribution in [1.29, 1.82) is 0 Å². The molecule has 0 spiro atoms. The Morgan fingerprint density at radius 2 is 1.52 bits per heavy atom. The first-order valence-electron chi connectivity index (χ1n) is 10.8. The van der Waals surface area contributed by atoms with E-state index in [1.807, 2.05) is 79.7 Å². The van der Waals surface area contributed by atoms with E-state index in [4.69, 9.17) is 0 Å². The fourth-order valence-electron chi connectivity index (χ4n) is 3.80. The highest BCUT2D eigenvalue weighted by Gasteiger charge is 2.29. The Labute approximate surface area is 196 Å².